The van der Waals surface area contributed by atoms with Gasteiger partial charge in [-0.2, -0.15) is 0 Å². The lowest BCUT2D eigenvalue weighted by molar-refractivity contribution is 0.0694. The third-order valence-corrected chi connectivity index (χ3v) is 5.33. The highest BCUT2D eigenvalue weighted by atomic mass is 35.5. The van der Waals surface area contributed by atoms with Gasteiger partial charge in [0.1, 0.15) is 5.82 Å². The average Bonchev–Trinajstić information content (AvgIpc) is 2.62. The fourth-order valence-electron chi connectivity index (χ4n) is 3.02. The first-order valence-corrected chi connectivity index (χ1v) is 9.49. The van der Waals surface area contributed by atoms with E-state index in [1.165, 1.54) is 24.3 Å². The highest BCUT2D eigenvalue weighted by molar-refractivity contribution is 6.36. The first-order valence-electron chi connectivity index (χ1n) is 8.36. The second-order valence-electron chi connectivity index (χ2n) is 6.26. The zero-order valence-corrected chi connectivity index (χ0v) is 16.4. The molecule has 0 radical (unpaired) electrons. The maximum Gasteiger partial charge on any atom is 0.258 e. The molecular weight excluding hydrogens is 414 g/mol. The van der Waals surface area contributed by atoms with E-state index in [4.69, 9.17) is 34.8 Å². The summed E-state index contributed by atoms with van der Waals surface area (Å²) < 4.78 is 13.9. The van der Waals surface area contributed by atoms with Crippen molar-refractivity contribution in [3.8, 4) is 0 Å². The number of nitrogens with one attached hydrogen (secondary N) is 1. The Hall–Kier alpha value is -1.82. The Labute approximate surface area is 171 Å². The van der Waals surface area contributed by atoms with E-state index in [2.05, 4.69) is 5.32 Å². The molecule has 1 aliphatic rings. The molecule has 142 valence electrons. The molecule has 0 unspecified atom stereocenters. The molecule has 0 bridgehead atoms. The van der Waals surface area contributed by atoms with Crippen LogP contribution in [0.4, 0.5) is 4.39 Å². The second kappa shape index (κ2) is 8.46. The van der Waals surface area contributed by atoms with Gasteiger partial charge in [-0.05, 0) is 43.2 Å². The molecule has 8 heteroatoms. The van der Waals surface area contributed by atoms with Gasteiger partial charge in [-0.1, -0.05) is 40.9 Å². The zero-order valence-electron chi connectivity index (χ0n) is 14.1. The van der Waals surface area contributed by atoms with Crippen molar-refractivity contribution in [3.63, 3.8) is 0 Å². The van der Waals surface area contributed by atoms with E-state index in [1.54, 1.807) is 17.0 Å². The first-order chi connectivity index (χ1) is 12.9. The van der Waals surface area contributed by atoms with Gasteiger partial charge in [0.25, 0.3) is 11.8 Å². The van der Waals surface area contributed by atoms with Crippen molar-refractivity contribution in [2.24, 2.45) is 0 Å². The molecule has 0 aliphatic carbocycles. The summed E-state index contributed by atoms with van der Waals surface area (Å²) in [7, 11) is 0. The molecule has 0 atom stereocenters. The molecule has 27 heavy (non-hydrogen) atoms. The van der Waals surface area contributed by atoms with Gasteiger partial charge in [-0.15, -0.1) is 0 Å². The van der Waals surface area contributed by atoms with E-state index in [0.29, 0.717) is 36.5 Å². The quantitative estimate of drug-likeness (QED) is 0.760. The molecule has 1 heterocycles. The Morgan fingerprint density at radius 2 is 1.74 bits per heavy atom. The van der Waals surface area contributed by atoms with Crippen LogP contribution in [0.1, 0.15) is 33.6 Å². The van der Waals surface area contributed by atoms with Gasteiger partial charge in [0.15, 0.2) is 0 Å². The van der Waals surface area contributed by atoms with Gasteiger partial charge in [-0.25, -0.2) is 4.39 Å². The number of likely N-dealkylation sites (tertiary alicyclic amines) is 1. The van der Waals surface area contributed by atoms with Crippen LogP contribution in [0.15, 0.2) is 36.4 Å². The molecular formula is C19H16Cl3FN2O2. The lowest BCUT2D eigenvalue weighted by Gasteiger charge is -2.32. The molecule has 3 rings (SSSR count). The predicted octanol–water partition coefficient (Wildman–Crippen LogP) is 4.82. The van der Waals surface area contributed by atoms with Crippen LogP contribution in [-0.4, -0.2) is 35.8 Å². The number of halogens is 4. The number of carbonyl (C=O) groups is 2. The lowest BCUT2D eigenvalue weighted by Crippen LogP contribution is -2.46. The molecule has 4 nitrogen and oxygen atoms in total. The molecule has 2 aromatic rings. The van der Waals surface area contributed by atoms with Crippen molar-refractivity contribution >= 4 is 46.6 Å². The molecule has 2 aromatic carbocycles. The summed E-state index contributed by atoms with van der Waals surface area (Å²) >= 11 is 17.9. The van der Waals surface area contributed by atoms with Crippen LogP contribution in [0.3, 0.4) is 0 Å². The van der Waals surface area contributed by atoms with Crippen LogP contribution in [0.5, 0.6) is 0 Å². The van der Waals surface area contributed by atoms with Gasteiger partial charge in [0.05, 0.1) is 21.2 Å². The minimum Gasteiger partial charge on any atom is -0.349 e. The summed E-state index contributed by atoms with van der Waals surface area (Å²) in [5.41, 5.74) is 0.229. The SMILES string of the molecule is O=C(NC1CCN(C(=O)c2c(F)cccc2Cl)CC1)c1ccc(Cl)cc1Cl. The summed E-state index contributed by atoms with van der Waals surface area (Å²) in [5, 5.41) is 3.74. The fraction of sp³-hybridized carbons (Fsp3) is 0.263. The van der Waals surface area contributed by atoms with Crippen LogP contribution in [-0.2, 0) is 0 Å². The number of rotatable bonds is 3. The summed E-state index contributed by atoms with van der Waals surface area (Å²) in [6, 6.07) is 8.73. The molecule has 1 N–H and O–H groups in total. The highest BCUT2D eigenvalue weighted by Crippen LogP contribution is 2.24. The van der Waals surface area contributed by atoms with Crippen molar-refractivity contribution in [1.29, 1.82) is 0 Å². The van der Waals surface area contributed by atoms with Crippen LogP contribution < -0.4 is 5.32 Å². The lowest BCUT2D eigenvalue weighted by atomic mass is 10.0. The van der Waals surface area contributed by atoms with Crippen molar-refractivity contribution in [1.82, 2.24) is 10.2 Å². The number of piperidine rings is 1. The van der Waals surface area contributed by atoms with Crippen LogP contribution >= 0.6 is 34.8 Å². The summed E-state index contributed by atoms with van der Waals surface area (Å²) in [6.07, 6.45) is 1.10. The number of amides is 2. The molecule has 1 fully saturated rings. The van der Waals surface area contributed by atoms with E-state index in [1.807, 2.05) is 0 Å². The van der Waals surface area contributed by atoms with Crippen LogP contribution in [0.2, 0.25) is 15.1 Å². The summed E-state index contributed by atoms with van der Waals surface area (Å²) in [6.45, 7) is 0.783. The molecule has 0 spiro atoms. The normalized spacial score (nSPS) is 14.9. The number of nitrogens with zero attached hydrogens (tertiary/aromatic N) is 1. The van der Waals surface area contributed by atoms with Crippen LogP contribution in [0.25, 0.3) is 0 Å². The summed E-state index contributed by atoms with van der Waals surface area (Å²) in [4.78, 5) is 26.5. The molecule has 0 saturated carbocycles. The Balaban J connectivity index is 1.60. The van der Waals surface area contributed by atoms with Gasteiger partial charge in [0, 0.05) is 24.2 Å². The Kier molecular flexibility index (Phi) is 6.25. The topological polar surface area (TPSA) is 49.4 Å². The monoisotopic (exact) mass is 428 g/mol. The standard InChI is InChI=1S/C19H16Cl3FN2O2/c20-11-4-5-13(15(22)10-11)18(26)24-12-6-8-25(9-7-12)19(27)17-14(21)2-1-3-16(17)23/h1-5,10,12H,6-9H2,(H,24,26). The third-order valence-electron chi connectivity index (χ3n) is 4.47. The van der Waals surface area contributed by atoms with Gasteiger partial charge < -0.3 is 10.2 Å². The van der Waals surface area contributed by atoms with E-state index in [-0.39, 0.29) is 27.6 Å². The highest BCUT2D eigenvalue weighted by Gasteiger charge is 2.27. The van der Waals surface area contributed by atoms with E-state index < -0.39 is 11.7 Å². The predicted molar refractivity (Wildman–Crippen MR) is 104 cm³/mol. The minimum atomic E-state index is -0.639. The van der Waals surface area contributed by atoms with Crippen molar-refractivity contribution in [3.05, 3.63) is 68.4 Å². The van der Waals surface area contributed by atoms with Crippen molar-refractivity contribution in [2.75, 3.05) is 13.1 Å². The second-order valence-corrected chi connectivity index (χ2v) is 7.51. The number of benzene rings is 2. The Bertz CT molecular complexity index is 863. The van der Waals surface area contributed by atoms with E-state index >= 15 is 0 Å². The number of hydrogen-bond donors (Lipinski definition) is 1. The van der Waals surface area contributed by atoms with Crippen molar-refractivity contribution < 1.29 is 14.0 Å². The van der Waals surface area contributed by atoms with Crippen LogP contribution in [0, 0.1) is 5.82 Å². The maximum absolute atomic E-state index is 13.9. The third kappa shape index (κ3) is 4.54. The van der Waals surface area contributed by atoms with Gasteiger partial charge in [-0.3, -0.25) is 9.59 Å². The smallest absolute Gasteiger partial charge is 0.258 e. The fourth-order valence-corrected chi connectivity index (χ4v) is 3.76. The Morgan fingerprint density at radius 1 is 1.04 bits per heavy atom. The van der Waals surface area contributed by atoms with E-state index in [0.717, 1.165) is 0 Å². The molecule has 1 aliphatic heterocycles. The average molecular weight is 430 g/mol. The molecule has 2 amide bonds. The first kappa shape index (κ1) is 19.9. The zero-order chi connectivity index (χ0) is 19.6. The maximum atomic E-state index is 13.9. The number of hydrogen-bond acceptors (Lipinski definition) is 2. The minimum absolute atomic E-state index is 0.0906. The largest absolute Gasteiger partial charge is 0.349 e. The van der Waals surface area contributed by atoms with Gasteiger partial charge in [0.2, 0.25) is 0 Å². The molecule has 1 saturated heterocycles. The van der Waals surface area contributed by atoms with Crippen molar-refractivity contribution in [2.45, 2.75) is 18.9 Å². The number of carbonyl (C=O) groups excluding carboxylic acids is 2. The van der Waals surface area contributed by atoms with E-state index in [9.17, 15) is 14.0 Å². The van der Waals surface area contributed by atoms with Gasteiger partial charge >= 0.3 is 0 Å². The summed E-state index contributed by atoms with van der Waals surface area (Å²) in [5.74, 6) is -1.37. The molecule has 0 aromatic heterocycles. The Morgan fingerprint density at radius 3 is 2.37 bits per heavy atom.